The number of nitrogens with zero attached hydrogens (tertiary/aromatic N) is 1. The molecule has 1 heterocycles. The Hall–Kier alpha value is -2.86. The monoisotopic (exact) mass is 410 g/mol. The van der Waals surface area contributed by atoms with Gasteiger partial charge in [-0.1, -0.05) is 42.5 Å². The highest BCUT2D eigenvalue weighted by atomic mass is 16.5. The number of rotatable bonds is 8. The highest BCUT2D eigenvalue weighted by Crippen LogP contribution is 2.18. The molecule has 1 fully saturated rings. The topological polar surface area (TPSA) is 67.9 Å². The summed E-state index contributed by atoms with van der Waals surface area (Å²) >= 11 is 0. The molecule has 1 saturated heterocycles. The average molecular weight is 411 g/mol. The number of carbonyl (C=O) groups excluding carboxylic acids is 2. The van der Waals surface area contributed by atoms with E-state index in [1.807, 2.05) is 54.6 Å². The first-order valence-electron chi connectivity index (χ1n) is 10.4. The van der Waals surface area contributed by atoms with E-state index in [1.54, 1.807) is 7.11 Å². The molecule has 6 heteroatoms. The molecule has 0 aromatic heterocycles. The molecule has 2 aromatic rings. The first kappa shape index (κ1) is 21.8. The van der Waals surface area contributed by atoms with Crippen LogP contribution < -0.4 is 10.1 Å². The van der Waals surface area contributed by atoms with E-state index in [0.717, 1.165) is 42.8 Å². The van der Waals surface area contributed by atoms with Crippen LogP contribution in [0.3, 0.4) is 0 Å². The fourth-order valence-electron chi connectivity index (χ4n) is 3.58. The Bertz CT molecular complexity index is 815. The van der Waals surface area contributed by atoms with Gasteiger partial charge >= 0.3 is 5.97 Å². The predicted octanol–water partition coefficient (Wildman–Crippen LogP) is 2.81. The zero-order chi connectivity index (χ0) is 21.3. The van der Waals surface area contributed by atoms with Gasteiger partial charge < -0.3 is 19.7 Å². The molecular weight excluding hydrogens is 380 g/mol. The van der Waals surface area contributed by atoms with Crippen molar-refractivity contribution in [1.29, 1.82) is 0 Å². The Kier molecular flexibility index (Phi) is 7.85. The van der Waals surface area contributed by atoms with Crippen LogP contribution in [0.25, 0.3) is 0 Å². The van der Waals surface area contributed by atoms with Crippen molar-refractivity contribution in [2.24, 2.45) is 5.92 Å². The van der Waals surface area contributed by atoms with E-state index in [-0.39, 0.29) is 18.4 Å². The molecule has 0 radical (unpaired) electrons. The van der Waals surface area contributed by atoms with Crippen LogP contribution in [-0.4, -0.2) is 50.1 Å². The fraction of sp³-hybridized carbons (Fsp3) is 0.417. The van der Waals surface area contributed by atoms with Crippen LogP contribution in [0.1, 0.15) is 24.0 Å². The van der Waals surface area contributed by atoms with Gasteiger partial charge in [0, 0.05) is 12.3 Å². The summed E-state index contributed by atoms with van der Waals surface area (Å²) < 4.78 is 10.7. The molecule has 30 heavy (non-hydrogen) atoms. The van der Waals surface area contributed by atoms with Crippen LogP contribution in [0.2, 0.25) is 0 Å². The highest BCUT2D eigenvalue weighted by Gasteiger charge is 2.29. The molecule has 1 atom stereocenters. The second-order valence-corrected chi connectivity index (χ2v) is 7.78. The van der Waals surface area contributed by atoms with Crippen molar-refractivity contribution in [2.45, 2.75) is 31.9 Å². The van der Waals surface area contributed by atoms with E-state index in [4.69, 9.17) is 9.47 Å². The number of hydrogen-bond donors (Lipinski definition) is 1. The fourth-order valence-corrected chi connectivity index (χ4v) is 3.58. The summed E-state index contributed by atoms with van der Waals surface area (Å²) in [6.07, 6.45) is 1.98. The molecule has 0 aliphatic carbocycles. The number of likely N-dealkylation sites (tertiary alicyclic amines) is 1. The van der Waals surface area contributed by atoms with Crippen molar-refractivity contribution in [3.05, 3.63) is 65.7 Å². The van der Waals surface area contributed by atoms with Crippen molar-refractivity contribution in [3.63, 3.8) is 0 Å². The number of ether oxygens (including phenoxy) is 2. The number of nitrogens with one attached hydrogen (secondary N) is 1. The quantitative estimate of drug-likeness (QED) is 0.678. The number of esters is 1. The molecule has 0 unspecified atom stereocenters. The summed E-state index contributed by atoms with van der Waals surface area (Å²) in [6, 6.07) is 16.3. The lowest BCUT2D eigenvalue weighted by Gasteiger charge is -2.29. The van der Waals surface area contributed by atoms with Gasteiger partial charge in [0.25, 0.3) is 0 Å². The minimum absolute atomic E-state index is 0.0681. The smallest absolute Gasteiger partial charge is 0.329 e. The largest absolute Gasteiger partial charge is 0.497 e. The third-order valence-electron chi connectivity index (χ3n) is 5.51. The lowest BCUT2D eigenvalue weighted by atomic mass is 9.95. The van der Waals surface area contributed by atoms with E-state index < -0.39 is 12.0 Å². The van der Waals surface area contributed by atoms with Gasteiger partial charge in [0.15, 0.2) is 0 Å². The van der Waals surface area contributed by atoms with Gasteiger partial charge in [0.2, 0.25) is 5.91 Å². The SMILES string of the molecule is COc1ccc(C[C@H](NC(=O)C2CCN(C)CC2)C(=O)OCc2ccccc2)cc1. The summed E-state index contributed by atoms with van der Waals surface area (Å²) in [4.78, 5) is 27.9. The van der Waals surface area contributed by atoms with Crippen LogP contribution in [0.5, 0.6) is 5.75 Å². The standard InChI is InChI=1S/C24H30N2O4/c1-26-14-12-20(13-15-26)23(27)25-22(16-18-8-10-21(29-2)11-9-18)24(28)30-17-19-6-4-3-5-7-19/h3-11,20,22H,12-17H2,1-2H3,(H,25,27)/t22-/m0/s1. The zero-order valence-electron chi connectivity index (χ0n) is 17.7. The summed E-state index contributed by atoms with van der Waals surface area (Å²) in [5.41, 5.74) is 1.84. The van der Waals surface area contributed by atoms with Gasteiger partial charge in [0.1, 0.15) is 18.4 Å². The summed E-state index contributed by atoms with van der Waals surface area (Å²) in [7, 11) is 3.67. The molecule has 6 nitrogen and oxygen atoms in total. The lowest BCUT2D eigenvalue weighted by molar-refractivity contribution is -0.149. The van der Waals surface area contributed by atoms with Gasteiger partial charge in [-0.05, 0) is 56.2 Å². The van der Waals surface area contributed by atoms with Crippen molar-refractivity contribution >= 4 is 11.9 Å². The Balaban J connectivity index is 1.66. The molecule has 1 aliphatic heterocycles. The molecule has 1 aliphatic rings. The number of hydrogen-bond acceptors (Lipinski definition) is 5. The maximum atomic E-state index is 12.8. The maximum absolute atomic E-state index is 12.8. The van der Waals surface area contributed by atoms with Crippen LogP contribution in [0, 0.1) is 5.92 Å². The van der Waals surface area contributed by atoms with Gasteiger partial charge in [-0.25, -0.2) is 4.79 Å². The molecule has 1 N–H and O–H groups in total. The molecule has 1 amide bonds. The summed E-state index contributed by atoms with van der Waals surface area (Å²) in [5, 5.41) is 2.95. The Morgan fingerprint density at radius 3 is 2.33 bits per heavy atom. The predicted molar refractivity (Wildman–Crippen MR) is 115 cm³/mol. The number of carbonyl (C=O) groups is 2. The Morgan fingerprint density at radius 2 is 1.70 bits per heavy atom. The molecule has 0 spiro atoms. The number of piperidine rings is 1. The van der Waals surface area contributed by atoms with Gasteiger partial charge in [-0.3, -0.25) is 4.79 Å². The zero-order valence-corrected chi connectivity index (χ0v) is 17.7. The first-order valence-corrected chi connectivity index (χ1v) is 10.4. The van der Waals surface area contributed by atoms with Crippen LogP contribution in [0.4, 0.5) is 0 Å². The van der Waals surface area contributed by atoms with Gasteiger partial charge in [-0.15, -0.1) is 0 Å². The minimum atomic E-state index is -0.728. The van der Waals surface area contributed by atoms with Crippen LogP contribution in [0.15, 0.2) is 54.6 Å². The van der Waals surface area contributed by atoms with E-state index in [1.165, 1.54) is 0 Å². The second kappa shape index (κ2) is 10.8. The lowest BCUT2D eigenvalue weighted by Crippen LogP contribution is -2.47. The van der Waals surface area contributed by atoms with Crippen LogP contribution in [-0.2, 0) is 27.4 Å². The molecule has 0 saturated carbocycles. The summed E-state index contributed by atoms with van der Waals surface area (Å²) in [6.45, 7) is 1.96. The van der Waals surface area contributed by atoms with Gasteiger partial charge in [-0.2, -0.15) is 0 Å². The summed E-state index contributed by atoms with van der Waals surface area (Å²) in [5.74, 6) is 0.188. The second-order valence-electron chi connectivity index (χ2n) is 7.78. The van der Waals surface area contributed by atoms with E-state index >= 15 is 0 Å². The van der Waals surface area contributed by atoms with Crippen LogP contribution >= 0.6 is 0 Å². The van der Waals surface area contributed by atoms with E-state index in [2.05, 4.69) is 17.3 Å². The maximum Gasteiger partial charge on any atom is 0.329 e. The van der Waals surface area contributed by atoms with Gasteiger partial charge in [0.05, 0.1) is 7.11 Å². The third-order valence-corrected chi connectivity index (χ3v) is 5.51. The molecular formula is C24H30N2O4. The van der Waals surface area contributed by atoms with Crippen molar-refractivity contribution < 1.29 is 19.1 Å². The van der Waals surface area contributed by atoms with Crippen molar-refractivity contribution in [3.8, 4) is 5.75 Å². The number of benzene rings is 2. The Labute approximate surface area is 178 Å². The minimum Gasteiger partial charge on any atom is -0.497 e. The highest BCUT2D eigenvalue weighted by molar-refractivity contribution is 5.86. The number of amides is 1. The first-order chi connectivity index (χ1) is 14.5. The van der Waals surface area contributed by atoms with E-state index in [9.17, 15) is 9.59 Å². The number of methoxy groups -OCH3 is 1. The average Bonchev–Trinajstić information content (AvgIpc) is 2.78. The Morgan fingerprint density at radius 1 is 1.03 bits per heavy atom. The molecule has 0 bridgehead atoms. The third kappa shape index (κ3) is 6.32. The molecule has 3 rings (SSSR count). The molecule has 2 aromatic carbocycles. The molecule has 160 valence electrons. The van der Waals surface area contributed by atoms with Crippen molar-refractivity contribution in [1.82, 2.24) is 10.2 Å². The normalized spacial score (nSPS) is 15.9. The van der Waals surface area contributed by atoms with E-state index in [0.29, 0.717) is 6.42 Å². The van der Waals surface area contributed by atoms with Crippen molar-refractivity contribution in [2.75, 3.05) is 27.2 Å².